The number of benzene rings is 2. The molecule has 0 unspecified atom stereocenters. The zero-order chi connectivity index (χ0) is 28.9. The second-order valence-corrected chi connectivity index (χ2v) is 10.1. The van der Waals surface area contributed by atoms with Gasteiger partial charge in [-0.05, 0) is 87.8 Å². The average molecular weight is 578 g/mol. The summed E-state index contributed by atoms with van der Waals surface area (Å²) in [5.41, 5.74) is 8.19. The highest BCUT2D eigenvalue weighted by atomic mass is 35.5. The zero-order valence-corrected chi connectivity index (χ0v) is 25.7. The largest absolute Gasteiger partial charge is 0.491 e. The number of rotatable bonds is 19. The van der Waals surface area contributed by atoms with Gasteiger partial charge in [-0.1, -0.05) is 61.7 Å². The SMILES string of the molecule is CC.CCN(CCC[C@H](/C=C/CCCSN)OC)c1cc(C(N)=O)ccc1OCCCCc1cccc(Cl)c1. The first-order valence-corrected chi connectivity index (χ1v) is 15.5. The van der Waals surface area contributed by atoms with Gasteiger partial charge in [-0.25, -0.2) is 0 Å². The van der Waals surface area contributed by atoms with Crippen LogP contribution in [0.2, 0.25) is 5.02 Å². The average Bonchev–Trinajstić information content (AvgIpc) is 2.95. The summed E-state index contributed by atoms with van der Waals surface area (Å²) >= 11 is 7.46. The fraction of sp³-hybridized carbons (Fsp3) is 0.516. The van der Waals surface area contributed by atoms with E-state index >= 15 is 0 Å². The highest BCUT2D eigenvalue weighted by molar-refractivity contribution is 7.97. The third-order valence-electron chi connectivity index (χ3n) is 6.18. The molecule has 0 aromatic heterocycles. The summed E-state index contributed by atoms with van der Waals surface area (Å²) in [4.78, 5) is 14.1. The summed E-state index contributed by atoms with van der Waals surface area (Å²) < 4.78 is 11.8. The molecule has 0 fully saturated rings. The van der Waals surface area contributed by atoms with E-state index in [0.717, 1.165) is 80.2 Å². The second-order valence-electron chi connectivity index (χ2n) is 8.92. The van der Waals surface area contributed by atoms with Crippen molar-refractivity contribution >= 4 is 35.1 Å². The molecule has 6 nitrogen and oxygen atoms in total. The van der Waals surface area contributed by atoms with Crippen LogP contribution in [0.5, 0.6) is 5.75 Å². The first-order chi connectivity index (χ1) is 19.0. The lowest BCUT2D eigenvalue weighted by Crippen LogP contribution is -2.26. The van der Waals surface area contributed by atoms with Gasteiger partial charge in [-0.2, -0.15) is 0 Å². The first-order valence-electron chi connectivity index (χ1n) is 14.1. The minimum absolute atomic E-state index is 0.0800. The lowest BCUT2D eigenvalue weighted by atomic mass is 10.1. The molecule has 4 N–H and O–H groups in total. The number of methoxy groups -OCH3 is 1. The van der Waals surface area contributed by atoms with Gasteiger partial charge < -0.3 is 20.1 Å². The number of carbonyl (C=O) groups is 1. The Morgan fingerprint density at radius 1 is 1.13 bits per heavy atom. The smallest absolute Gasteiger partial charge is 0.248 e. The van der Waals surface area contributed by atoms with Crippen molar-refractivity contribution in [2.75, 3.05) is 37.5 Å². The molecular formula is C31H48ClN3O3S. The number of amides is 1. The fourth-order valence-electron chi connectivity index (χ4n) is 4.10. The Labute approximate surface area is 245 Å². The molecule has 0 bridgehead atoms. The molecule has 0 aliphatic rings. The summed E-state index contributed by atoms with van der Waals surface area (Å²) in [7, 11) is 1.75. The summed E-state index contributed by atoms with van der Waals surface area (Å²) in [6, 6.07) is 13.4. The maximum Gasteiger partial charge on any atom is 0.248 e. The van der Waals surface area contributed by atoms with Crippen molar-refractivity contribution in [3.05, 3.63) is 70.8 Å². The Morgan fingerprint density at radius 3 is 2.59 bits per heavy atom. The number of ether oxygens (including phenoxy) is 2. The number of nitrogens with two attached hydrogens (primary N) is 2. The third-order valence-corrected chi connectivity index (χ3v) is 6.93. The number of hydrogen-bond acceptors (Lipinski definition) is 6. The predicted octanol–water partition coefficient (Wildman–Crippen LogP) is 7.43. The molecule has 2 aromatic carbocycles. The van der Waals surface area contributed by atoms with Crippen LogP contribution in [-0.4, -0.2) is 44.6 Å². The van der Waals surface area contributed by atoms with Crippen LogP contribution in [0.3, 0.4) is 0 Å². The molecule has 8 heteroatoms. The van der Waals surface area contributed by atoms with Crippen LogP contribution in [0.4, 0.5) is 5.69 Å². The first kappa shape index (κ1) is 34.8. The normalized spacial score (nSPS) is 11.6. The minimum Gasteiger partial charge on any atom is -0.491 e. The van der Waals surface area contributed by atoms with Gasteiger partial charge in [0.25, 0.3) is 0 Å². The number of carbonyl (C=O) groups excluding carboxylic acids is 1. The molecule has 2 aromatic rings. The molecule has 0 heterocycles. The number of anilines is 1. The standard InChI is InChI=1S/C29H42ClN3O3S.C2H6/c1-3-33(18-10-15-26(35-2)14-5-4-8-20-37-32)27-22-24(29(31)34)16-17-28(27)36-19-7-6-11-23-12-9-13-25(30)21-23;1-2/h5,9,12-14,16-17,21-22,26H,3-4,6-8,10-11,15,18-20,32H2,1-2H3,(H2,31,34);1-2H3/b14-5+;/t26-;/m0./s1. The van der Waals surface area contributed by atoms with Crippen LogP contribution >= 0.6 is 23.5 Å². The van der Waals surface area contributed by atoms with Crippen molar-refractivity contribution in [3.8, 4) is 5.75 Å². The van der Waals surface area contributed by atoms with Gasteiger partial charge in [0.15, 0.2) is 0 Å². The van der Waals surface area contributed by atoms with Crippen LogP contribution in [0.25, 0.3) is 0 Å². The number of aryl methyl sites for hydroxylation is 1. The Kier molecular flexibility index (Phi) is 19.3. The van der Waals surface area contributed by atoms with Crippen molar-refractivity contribution in [2.24, 2.45) is 10.9 Å². The third kappa shape index (κ3) is 14.1. The van der Waals surface area contributed by atoms with Crippen LogP contribution in [0, 0.1) is 0 Å². The summed E-state index contributed by atoms with van der Waals surface area (Å²) in [6.07, 6.45) is 11.2. The molecule has 0 spiro atoms. The maximum atomic E-state index is 11.9. The number of allylic oxidation sites excluding steroid dienone is 1. The van der Waals surface area contributed by atoms with E-state index in [9.17, 15) is 4.79 Å². The van der Waals surface area contributed by atoms with Gasteiger partial charge in [0.1, 0.15) is 5.75 Å². The number of halogens is 1. The Balaban J connectivity index is 0.00000371. The summed E-state index contributed by atoms with van der Waals surface area (Å²) in [6.45, 7) is 8.31. The Bertz CT molecular complexity index is 974. The molecule has 39 heavy (non-hydrogen) atoms. The van der Waals surface area contributed by atoms with Gasteiger partial charge in [0, 0.05) is 36.5 Å². The number of hydrogen-bond donors (Lipinski definition) is 2. The van der Waals surface area contributed by atoms with Crippen LogP contribution in [0.1, 0.15) is 75.2 Å². The lowest BCUT2D eigenvalue weighted by Gasteiger charge is -2.26. The maximum absolute atomic E-state index is 11.9. The number of primary amides is 1. The molecule has 0 aliphatic carbocycles. The van der Waals surface area contributed by atoms with E-state index in [-0.39, 0.29) is 6.10 Å². The molecular weight excluding hydrogens is 530 g/mol. The predicted molar refractivity (Wildman–Crippen MR) is 169 cm³/mol. The quantitative estimate of drug-likeness (QED) is 0.102. The van der Waals surface area contributed by atoms with Gasteiger partial charge >= 0.3 is 0 Å². The number of unbranched alkanes of at least 4 members (excludes halogenated alkanes) is 2. The molecule has 0 saturated carbocycles. The fourth-order valence-corrected chi connectivity index (χ4v) is 4.65. The van der Waals surface area contributed by atoms with Crippen molar-refractivity contribution in [3.63, 3.8) is 0 Å². The molecule has 1 atom stereocenters. The van der Waals surface area contributed by atoms with Crippen molar-refractivity contribution < 1.29 is 14.3 Å². The van der Waals surface area contributed by atoms with E-state index in [1.165, 1.54) is 17.5 Å². The van der Waals surface area contributed by atoms with Crippen molar-refractivity contribution in [1.29, 1.82) is 0 Å². The number of nitrogens with zero attached hydrogens (tertiary/aromatic N) is 1. The van der Waals surface area contributed by atoms with Crippen molar-refractivity contribution in [1.82, 2.24) is 0 Å². The summed E-state index contributed by atoms with van der Waals surface area (Å²) in [5, 5.41) is 6.25. The van der Waals surface area contributed by atoms with Crippen LogP contribution in [0.15, 0.2) is 54.6 Å². The molecule has 0 aliphatic heterocycles. The molecule has 0 radical (unpaired) electrons. The highest BCUT2D eigenvalue weighted by Gasteiger charge is 2.15. The summed E-state index contributed by atoms with van der Waals surface area (Å²) in [5.74, 6) is 1.29. The second kappa shape index (κ2) is 21.6. The molecule has 1 amide bonds. The van der Waals surface area contributed by atoms with Gasteiger partial charge in [0.2, 0.25) is 5.91 Å². The Morgan fingerprint density at radius 2 is 1.92 bits per heavy atom. The topological polar surface area (TPSA) is 90.8 Å². The van der Waals surface area contributed by atoms with E-state index in [0.29, 0.717) is 12.2 Å². The van der Waals surface area contributed by atoms with E-state index in [1.54, 1.807) is 13.2 Å². The minimum atomic E-state index is -0.442. The lowest BCUT2D eigenvalue weighted by molar-refractivity contribution is 0.1000. The van der Waals surface area contributed by atoms with Gasteiger partial charge in [-0.3, -0.25) is 9.93 Å². The van der Waals surface area contributed by atoms with E-state index in [4.69, 9.17) is 31.9 Å². The molecule has 218 valence electrons. The van der Waals surface area contributed by atoms with Crippen LogP contribution < -0.4 is 20.5 Å². The van der Waals surface area contributed by atoms with Gasteiger partial charge in [-0.15, -0.1) is 0 Å². The van der Waals surface area contributed by atoms with E-state index < -0.39 is 5.91 Å². The Hall–Kier alpha value is -2.19. The molecule has 0 saturated heterocycles. The molecule has 2 rings (SSSR count). The monoisotopic (exact) mass is 577 g/mol. The van der Waals surface area contributed by atoms with E-state index in [1.807, 2.05) is 44.2 Å². The van der Waals surface area contributed by atoms with E-state index in [2.05, 4.69) is 30.0 Å². The van der Waals surface area contributed by atoms with Crippen LogP contribution in [-0.2, 0) is 11.2 Å². The van der Waals surface area contributed by atoms with Gasteiger partial charge in [0.05, 0.1) is 18.4 Å². The van der Waals surface area contributed by atoms with Crippen molar-refractivity contribution in [2.45, 2.75) is 71.8 Å². The highest BCUT2D eigenvalue weighted by Crippen LogP contribution is 2.30. The zero-order valence-electron chi connectivity index (χ0n) is 24.2.